The molecule has 0 aliphatic rings. The molecule has 0 atom stereocenters. The first-order valence-corrected chi connectivity index (χ1v) is 8.04. The van der Waals surface area contributed by atoms with Crippen LogP contribution in [-0.4, -0.2) is 61.6 Å². The molecule has 128 valence electrons. The summed E-state index contributed by atoms with van der Waals surface area (Å²) in [5, 5.41) is 2.91. The van der Waals surface area contributed by atoms with Gasteiger partial charge in [-0.3, -0.25) is 14.8 Å². The lowest BCUT2D eigenvalue weighted by atomic mass is 10.2. The monoisotopic (exact) mass is 327 g/mol. The van der Waals surface area contributed by atoms with Gasteiger partial charge in [-0.05, 0) is 44.3 Å². The van der Waals surface area contributed by atoms with Crippen LogP contribution in [0.15, 0.2) is 43.0 Å². The van der Waals surface area contributed by atoms with Crippen molar-refractivity contribution < 1.29 is 4.79 Å². The molecule has 2 aromatic heterocycles. The van der Waals surface area contributed by atoms with Gasteiger partial charge in [0.05, 0.1) is 17.4 Å². The molecule has 0 aliphatic carbocycles. The molecular formula is C18H25N5O. The number of hydrogen-bond acceptors (Lipinski definition) is 5. The molecule has 24 heavy (non-hydrogen) atoms. The first-order valence-electron chi connectivity index (χ1n) is 8.04. The van der Waals surface area contributed by atoms with Crippen LogP contribution in [-0.2, 0) is 6.42 Å². The van der Waals surface area contributed by atoms with Crippen molar-refractivity contribution in [1.82, 2.24) is 20.2 Å². The van der Waals surface area contributed by atoms with Gasteiger partial charge < -0.3 is 15.1 Å². The van der Waals surface area contributed by atoms with Crippen molar-refractivity contribution in [2.45, 2.75) is 6.42 Å². The quantitative estimate of drug-likeness (QED) is 0.795. The maximum atomic E-state index is 12.2. The summed E-state index contributed by atoms with van der Waals surface area (Å²) in [7, 11) is 5.96. The van der Waals surface area contributed by atoms with E-state index in [1.807, 2.05) is 44.2 Å². The number of aromatic nitrogens is 2. The molecule has 0 saturated heterocycles. The third-order valence-electron chi connectivity index (χ3n) is 3.76. The number of carbonyl (C=O) groups excluding carboxylic acids is 1. The van der Waals surface area contributed by atoms with Crippen molar-refractivity contribution >= 4 is 11.6 Å². The Balaban J connectivity index is 1.92. The van der Waals surface area contributed by atoms with Crippen molar-refractivity contribution in [3.8, 4) is 0 Å². The van der Waals surface area contributed by atoms with Gasteiger partial charge in [-0.25, -0.2) is 0 Å². The van der Waals surface area contributed by atoms with Crippen LogP contribution in [0.25, 0.3) is 0 Å². The Bertz CT molecular complexity index is 645. The molecule has 6 heteroatoms. The van der Waals surface area contributed by atoms with Crippen molar-refractivity contribution in [1.29, 1.82) is 0 Å². The SMILES string of the molecule is CN(C)CCNC(=O)c1cncc(N(C)CCc2ccncc2)c1. The fourth-order valence-corrected chi connectivity index (χ4v) is 2.23. The number of nitrogens with zero attached hydrogens (tertiary/aromatic N) is 4. The number of carbonyl (C=O) groups is 1. The fourth-order valence-electron chi connectivity index (χ4n) is 2.23. The van der Waals surface area contributed by atoms with E-state index >= 15 is 0 Å². The molecule has 0 spiro atoms. The van der Waals surface area contributed by atoms with Crippen LogP contribution in [0.1, 0.15) is 15.9 Å². The Kier molecular flexibility index (Phi) is 6.69. The summed E-state index contributed by atoms with van der Waals surface area (Å²) < 4.78 is 0. The Morgan fingerprint density at radius 3 is 2.54 bits per heavy atom. The van der Waals surface area contributed by atoms with Crippen LogP contribution >= 0.6 is 0 Å². The smallest absolute Gasteiger partial charge is 0.252 e. The van der Waals surface area contributed by atoms with E-state index in [4.69, 9.17) is 0 Å². The van der Waals surface area contributed by atoms with Gasteiger partial charge in [0.25, 0.3) is 5.91 Å². The van der Waals surface area contributed by atoms with E-state index in [-0.39, 0.29) is 5.91 Å². The minimum absolute atomic E-state index is 0.0891. The van der Waals surface area contributed by atoms with Crippen molar-refractivity contribution in [2.75, 3.05) is 45.7 Å². The zero-order valence-electron chi connectivity index (χ0n) is 14.6. The largest absolute Gasteiger partial charge is 0.373 e. The highest BCUT2D eigenvalue weighted by molar-refractivity contribution is 5.94. The topological polar surface area (TPSA) is 61.4 Å². The van der Waals surface area contributed by atoms with E-state index in [2.05, 4.69) is 20.2 Å². The van der Waals surface area contributed by atoms with Crippen LogP contribution in [0.3, 0.4) is 0 Å². The fraction of sp³-hybridized carbons (Fsp3) is 0.389. The molecule has 1 N–H and O–H groups in total. The molecule has 0 bridgehead atoms. The zero-order valence-corrected chi connectivity index (χ0v) is 14.6. The minimum atomic E-state index is -0.0891. The number of amides is 1. The first-order chi connectivity index (χ1) is 11.6. The van der Waals surface area contributed by atoms with Gasteiger partial charge in [-0.1, -0.05) is 0 Å². The second-order valence-electron chi connectivity index (χ2n) is 6.02. The predicted octanol–water partition coefficient (Wildman–Crippen LogP) is 1.45. The standard InChI is InChI=1S/C18H25N5O/c1-22(2)11-9-21-18(24)16-12-17(14-20-13-16)23(3)10-6-15-4-7-19-8-5-15/h4-5,7-8,12-14H,6,9-11H2,1-3H3,(H,21,24). The van der Waals surface area contributed by atoms with E-state index in [9.17, 15) is 4.79 Å². The zero-order chi connectivity index (χ0) is 17.4. The van der Waals surface area contributed by atoms with Gasteiger partial charge in [0.2, 0.25) is 0 Å². The second kappa shape index (κ2) is 8.98. The van der Waals surface area contributed by atoms with Crippen LogP contribution in [0.2, 0.25) is 0 Å². The maximum absolute atomic E-state index is 12.2. The van der Waals surface area contributed by atoms with E-state index < -0.39 is 0 Å². The number of likely N-dealkylation sites (N-methyl/N-ethyl adjacent to an activating group) is 2. The molecule has 0 radical (unpaired) electrons. The Hall–Kier alpha value is -2.47. The van der Waals surface area contributed by atoms with Gasteiger partial charge in [0.15, 0.2) is 0 Å². The van der Waals surface area contributed by atoms with E-state index in [1.165, 1.54) is 5.56 Å². The average Bonchev–Trinajstić information content (AvgIpc) is 2.60. The van der Waals surface area contributed by atoms with Crippen LogP contribution in [0, 0.1) is 0 Å². The molecule has 0 unspecified atom stereocenters. The normalized spacial score (nSPS) is 10.7. The van der Waals surface area contributed by atoms with Crippen LogP contribution in [0.4, 0.5) is 5.69 Å². The summed E-state index contributed by atoms with van der Waals surface area (Å²) in [6, 6.07) is 5.91. The summed E-state index contributed by atoms with van der Waals surface area (Å²) in [6.45, 7) is 2.27. The molecule has 2 rings (SSSR count). The predicted molar refractivity (Wildman–Crippen MR) is 96.3 cm³/mol. The number of hydrogen-bond donors (Lipinski definition) is 1. The highest BCUT2D eigenvalue weighted by Gasteiger charge is 2.09. The lowest BCUT2D eigenvalue weighted by Gasteiger charge is -2.19. The summed E-state index contributed by atoms with van der Waals surface area (Å²) >= 11 is 0. The summed E-state index contributed by atoms with van der Waals surface area (Å²) in [5.74, 6) is -0.0891. The molecular weight excluding hydrogens is 302 g/mol. The first kappa shape index (κ1) is 17.9. The number of pyridine rings is 2. The number of anilines is 1. The van der Waals surface area contributed by atoms with Crippen molar-refractivity contribution in [2.24, 2.45) is 0 Å². The molecule has 2 heterocycles. The number of nitrogens with one attached hydrogen (secondary N) is 1. The number of rotatable bonds is 8. The van der Waals surface area contributed by atoms with Gasteiger partial charge in [-0.2, -0.15) is 0 Å². The Morgan fingerprint density at radius 2 is 1.83 bits per heavy atom. The second-order valence-corrected chi connectivity index (χ2v) is 6.02. The molecule has 0 aliphatic heterocycles. The highest BCUT2D eigenvalue weighted by Crippen LogP contribution is 2.13. The van der Waals surface area contributed by atoms with Gasteiger partial charge in [-0.15, -0.1) is 0 Å². The van der Waals surface area contributed by atoms with Gasteiger partial charge >= 0.3 is 0 Å². The lowest BCUT2D eigenvalue weighted by Crippen LogP contribution is -2.31. The molecule has 1 amide bonds. The molecule has 2 aromatic rings. The van der Waals surface area contributed by atoms with Crippen molar-refractivity contribution in [3.05, 3.63) is 54.1 Å². The molecule has 0 aromatic carbocycles. The molecule has 0 saturated carbocycles. The van der Waals surface area contributed by atoms with E-state index in [1.54, 1.807) is 24.8 Å². The maximum Gasteiger partial charge on any atom is 0.252 e. The minimum Gasteiger partial charge on any atom is -0.373 e. The average molecular weight is 327 g/mol. The van der Waals surface area contributed by atoms with Crippen LogP contribution in [0.5, 0.6) is 0 Å². The Labute approximate surface area is 143 Å². The molecule has 0 fully saturated rings. The molecule has 6 nitrogen and oxygen atoms in total. The third-order valence-corrected chi connectivity index (χ3v) is 3.76. The third kappa shape index (κ3) is 5.62. The lowest BCUT2D eigenvalue weighted by molar-refractivity contribution is 0.0950. The van der Waals surface area contributed by atoms with Gasteiger partial charge in [0, 0.05) is 45.3 Å². The Morgan fingerprint density at radius 1 is 1.08 bits per heavy atom. The van der Waals surface area contributed by atoms with E-state index in [0.717, 1.165) is 25.2 Å². The summed E-state index contributed by atoms with van der Waals surface area (Å²) in [4.78, 5) is 24.5. The summed E-state index contributed by atoms with van der Waals surface area (Å²) in [6.07, 6.45) is 7.90. The highest BCUT2D eigenvalue weighted by atomic mass is 16.1. The van der Waals surface area contributed by atoms with Crippen molar-refractivity contribution in [3.63, 3.8) is 0 Å². The van der Waals surface area contributed by atoms with E-state index in [0.29, 0.717) is 12.1 Å². The van der Waals surface area contributed by atoms with Crippen LogP contribution < -0.4 is 10.2 Å². The van der Waals surface area contributed by atoms with Gasteiger partial charge in [0.1, 0.15) is 0 Å². The summed E-state index contributed by atoms with van der Waals surface area (Å²) in [5.41, 5.74) is 2.76.